The minimum atomic E-state index is -0.252. The van der Waals surface area contributed by atoms with E-state index in [9.17, 15) is 4.79 Å². The fourth-order valence-corrected chi connectivity index (χ4v) is 5.00. The molecule has 1 amide bonds. The molecule has 220 valence electrons. The number of anilines is 3. The highest BCUT2D eigenvalue weighted by atomic mass is 16.5. The van der Waals surface area contributed by atoms with Crippen LogP contribution in [0.2, 0.25) is 0 Å². The Labute approximate surface area is 249 Å². The number of benzene rings is 2. The van der Waals surface area contributed by atoms with E-state index >= 15 is 0 Å². The van der Waals surface area contributed by atoms with E-state index in [1.54, 1.807) is 43.8 Å². The van der Waals surface area contributed by atoms with Crippen LogP contribution in [0.1, 0.15) is 22.3 Å². The molecular formula is C32H34N8O3. The number of hydrogen-bond acceptors (Lipinski definition) is 9. The normalized spacial score (nSPS) is 14.4. The Hall–Kier alpha value is -5.16. The third kappa shape index (κ3) is 6.36. The zero-order chi connectivity index (χ0) is 29.8. The van der Waals surface area contributed by atoms with Gasteiger partial charge in [0.05, 0.1) is 13.7 Å². The molecule has 1 atom stereocenters. The van der Waals surface area contributed by atoms with Crippen LogP contribution in [-0.2, 0) is 6.54 Å². The third-order valence-electron chi connectivity index (χ3n) is 7.33. The molecule has 11 heteroatoms. The zero-order valence-corrected chi connectivity index (χ0v) is 24.4. The van der Waals surface area contributed by atoms with Gasteiger partial charge in [-0.3, -0.25) is 4.79 Å². The molecule has 6 rings (SSSR count). The molecule has 5 aromatic rings. The van der Waals surface area contributed by atoms with Gasteiger partial charge in [0.15, 0.2) is 11.5 Å². The van der Waals surface area contributed by atoms with Gasteiger partial charge in [-0.15, -0.1) is 0 Å². The maximum absolute atomic E-state index is 12.9. The lowest BCUT2D eigenvalue weighted by molar-refractivity contribution is 0.102. The van der Waals surface area contributed by atoms with Gasteiger partial charge in [0.1, 0.15) is 28.5 Å². The van der Waals surface area contributed by atoms with Crippen molar-refractivity contribution >= 4 is 34.3 Å². The molecule has 43 heavy (non-hydrogen) atoms. The Morgan fingerprint density at radius 3 is 2.51 bits per heavy atom. The monoisotopic (exact) mass is 578 g/mol. The number of hydrogen-bond donors (Lipinski definition) is 3. The molecule has 0 spiro atoms. The van der Waals surface area contributed by atoms with Gasteiger partial charge < -0.3 is 30.3 Å². The van der Waals surface area contributed by atoms with Crippen molar-refractivity contribution in [3.63, 3.8) is 0 Å². The summed E-state index contributed by atoms with van der Waals surface area (Å²) in [7, 11) is 5.53. The lowest BCUT2D eigenvalue weighted by Crippen LogP contribution is -2.22. The van der Waals surface area contributed by atoms with E-state index in [2.05, 4.69) is 25.9 Å². The van der Waals surface area contributed by atoms with Gasteiger partial charge in [0.25, 0.3) is 5.91 Å². The largest absolute Gasteiger partial charge is 0.497 e. The number of carbonyl (C=O) groups is 1. The van der Waals surface area contributed by atoms with Crippen molar-refractivity contribution in [2.24, 2.45) is 0 Å². The average molecular weight is 579 g/mol. The van der Waals surface area contributed by atoms with Gasteiger partial charge in [0.2, 0.25) is 0 Å². The van der Waals surface area contributed by atoms with Crippen LogP contribution in [-0.4, -0.2) is 66.0 Å². The minimum Gasteiger partial charge on any atom is -0.497 e. The highest BCUT2D eigenvalue weighted by molar-refractivity contribution is 6.04. The number of aromatic nitrogens is 4. The number of rotatable bonds is 10. The highest BCUT2D eigenvalue weighted by Crippen LogP contribution is 2.35. The molecule has 0 radical (unpaired) electrons. The zero-order valence-electron chi connectivity index (χ0n) is 24.4. The van der Waals surface area contributed by atoms with Gasteiger partial charge >= 0.3 is 0 Å². The van der Waals surface area contributed by atoms with Crippen LogP contribution in [0.3, 0.4) is 0 Å². The highest BCUT2D eigenvalue weighted by Gasteiger charge is 2.22. The van der Waals surface area contributed by atoms with Gasteiger partial charge in [-0.2, -0.15) is 5.10 Å². The van der Waals surface area contributed by atoms with Crippen molar-refractivity contribution in [1.29, 1.82) is 0 Å². The molecule has 4 heterocycles. The Balaban J connectivity index is 1.25. The van der Waals surface area contributed by atoms with Crippen LogP contribution in [0.25, 0.3) is 11.0 Å². The predicted octanol–water partition coefficient (Wildman–Crippen LogP) is 4.77. The first-order valence-electron chi connectivity index (χ1n) is 14.1. The number of carbonyl (C=O) groups excluding carboxylic acids is 1. The Bertz CT molecular complexity index is 1710. The first kappa shape index (κ1) is 28.0. The van der Waals surface area contributed by atoms with Crippen molar-refractivity contribution in [3.05, 3.63) is 90.3 Å². The Kier molecular flexibility index (Phi) is 8.05. The van der Waals surface area contributed by atoms with Gasteiger partial charge in [0, 0.05) is 62.5 Å². The Morgan fingerprint density at radius 1 is 1.02 bits per heavy atom. The van der Waals surface area contributed by atoms with E-state index < -0.39 is 0 Å². The van der Waals surface area contributed by atoms with Crippen LogP contribution in [0.15, 0.2) is 79.1 Å². The molecule has 0 bridgehead atoms. The molecular weight excluding hydrogens is 544 g/mol. The minimum absolute atomic E-state index is 0.252. The summed E-state index contributed by atoms with van der Waals surface area (Å²) in [6.07, 6.45) is 4.39. The lowest BCUT2D eigenvalue weighted by Gasteiger charge is -2.13. The number of amides is 1. The maximum atomic E-state index is 12.9. The van der Waals surface area contributed by atoms with Crippen molar-refractivity contribution in [2.45, 2.75) is 19.0 Å². The lowest BCUT2D eigenvalue weighted by atomic mass is 10.2. The summed E-state index contributed by atoms with van der Waals surface area (Å²) < 4.78 is 13.6. The number of ether oxygens (including phenoxy) is 2. The molecule has 1 aliphatic rings. The van der Waals surface area contributed by atoms with E-state index in [1.165, 1.54) is 0 Å². The number of pyridine rings is 2. The summed E-state index contributed by atoms with van der Waals surface area (Å²) in [5, 5.41) is 15.6. The standard InChI is InChI=1S/C32H34N8O3/c1-39(2)24-13-16-34-28(18-24)37-32(41)22-6-10-26(11-7-22)43-27-14-17-35-31-29(27)30(36-23-12-15-33-19-23)38-40(31)20-21-4-8-25(42-3)9-5-21/h4-11,13-14,16-18,23,33H,12,15,19-20H2,1-3H3,(H,36,38)(H,34,37,41). The summed E-state index contributed by atoms with van der Waals surface area (Å²) in [5.41, 5.74) is 3.23. The first-order chi connectivity index (χ1) is 21.0. The molecule has 3 aromatic heterocycles. The van der Waals surface area contributed by atoms with Crippen LogP contribution in [0, 0.1) is 0 Å². The molecule has 2 aromatic carbocycles. The summed E-state index contributed by atoms with van der Waals surface area (Å²) in [5.74, 6) is 2.98. The quantitative estimate of drug-likeness (QED) is 0.215. The maximum Gasteiger partial charge on any atom is 0.256 e. The molecule has 1 saturated heterocycles. The third-order valence-corrected chi connectivity index (χ3v) is 7.33. The summed E-state index contributed by atoms with van der Waals surface area (Å²) in [4.78, 5) is 23.8. The second-order valence-electron chi connectivity index (χ2n) is 10.6. The molecule has 1 fully saturated rings. The second kappa shape index (κ2) is 12.4. The summed E-state index contributed by atoms with van der Waals surface area (Å²) in [6, 6.07) is 20.7. The number of nitrogens with zero attached hydrogens (tertiary/aromatic N) is 5. The van der Waals surface area contributed by atoms with E-state index in [4.69, 9.17) is 14.6 Å². The number of fused-ring (bicyclic) bond motifs is 1. The van der Waals surface area contributed by atoms with Gasteiger partial charge in [-0.05, 0) is 61.0 Å². The summed E-state index contributed by atoms with van der Waals surface area (Å²) >= 11 is 0. The van der Waals surface area contributed by atoms with Crippen molar-refractivity contribution < 1.29 is 14.3 Å². The van der Waals surface area contributed by atoms with E-state index in [-0.39, 0.29) is 11.9 Å². The second-order valence-corrected chi connectivity index (χ2v) is 10.6. The summed E-state index contributed by atoms with van der Waals surface area (Å²) in [6.45, 7) is 2.36. The number of nitrogens with one attached hydrogen (secondary N) is 3. The number of methoxy groups -OCH3 is 1. The van der Waals surface area contributed by atoms with E-state index in [0.29, 0.717) is 35.1 Å². The molecule has 0 aliphatic carbocycles. The molecule has 3 N–H and O–H groups in total. The van der Waals surface area contributed by atoms with Gasteiger partial charge in [-0.1, -0.05) is 12.1 Å². The van der Waals surface area contributed by atoms with Crippen molar-refractivity contribution in [3.8, 4) is 17.2 Å². The molecule has 1 unspecified atom stereocenters. The molecule has 11 nitrogen and oxygen atoms in total. The smallest absolute Gasteiger partial charge is 0.256 e. The van der Waals surface area contributed by atoms with Crippen LogP contribution >= 0.6 is 0 Å². The molecule has 0 saturated carbocycles. The predicted molar refractivity (Wildman–Crippen MR) is 168 cm³/mol. The fourth-order valence-electron chi connectivity index (χ4n) is 5.00. The van der Waals surface area contributed by atoms with Crippen LogP contribution in [0.5, 0.6) is 17.2 Å². The van der Waals surface area contributed by atoms with E-state index in [0.717, 1.165) is 47.7 Å². The van der Waals surface area contributed by atoms with Gasteiger partial charge in [-0.25, -0.2) is 14.6 Å². The molecule has 1 aliphatic heterocycles. The Morgan fingerprint density at radius 2 is 1.79 bits per heavy atom. The SMILES string of the molecule is COc1ccc(Cn2nc(NC3CCNC3)c3c(Oc4ccc(C(=O)Nc5cc(N(C)C)ccn5)cc4)ccnc32)cc1. The topological polar surface area (TPSA) is 118 Å². The first-order valence-corrected chi connectivity index (χ1v) is 14.1. The van der Waals surface area contributed by atoms with Crippen molar-refractivity contribution in [1.82, 2.24) is 25.1 Å². The van der Waals surface area contributed by atoms with Crippen LogP contribution < -0.4 is 30.3 Å². The van der Waals surface area contributed by atoms with Crippen LogP contribution in [0.4, 0.5) is 17.3 Å². The van der Waals surface area contributed by atoms with E-state index in [1.807, 2.05) is 66.1 Å². The fraction of sp³-hybridized carbons (Fsp3) is 0.250. The van der Waals surface area contributed by atoms with Crippen molar-refractivity contribution in [2.75, 3.05) is 49.8 Å². The average Bonchev–Trinajstić information content (AvgIpc) is 3.66.